The summed E-state index contributed by atoms with van der Waals surface area (Å²) in [6.07, 6.45) is -4.82. The van der Waals surface area contributed by atoms with Gasteiger partial charge in [-0.05, 0) is 18.2 Å². The number of anilines is 1. The van der Waals surface area contributed by atoms with Crippen molar-refractivity contribution >= 4 is 29.3 Å². The molecular formula is C18H15F3N2O3S. The molecule has 0 fully saturated rings. The quantitative estimate of drug-likeness (QED) is 0.842. The monoisotopic (exact) mass is 396 g/mol. The van der Waals surface area contributed by atoms with E-state index in [1.807, 2.05) is 12.1 Å². The van der Waals surface area contributed by atoms with Gasteiger partial charge < -0.3 is 15.0 Å². The van der Waals surface area contributed by atoms with Gasteiger partial charge in [-0.25, -0.2) is 0 Å². The van der Waals surface area contributed by atoms with Crippen LogP contribution in [0.25, 0.3) is 0 Å². The van der Waals surface area contributed by atoms with Crippen molar-refractivity contribution in [2.75, 3.05) is 17.2 Å². The SMILES string of the molecule is O=C(CN1C(=O)CSc2ccccc21)NCc1ccccc1OC(F)(F)F. The molecule has 0 saturated heterocycles. The third-order valence-electron chi connectivity index (χ3n) is 3.78. The standard InChI is InChI=1S/C18H15F3N2O3S/c19-18(20,21)26-14-7-3-1-5-12(14)9-22-16(24)10-23-13-6-2-4-8-15(13)27-11-17(23)25/h1-8H,9-11H2,(H,22,24). The molecule has 0 saturated carbocycles. The van der Waals surface area contributed by atoms with Crippen molar-refractivity contribution < 1.29 is 27.5 Å². The van der Waals surface area contributed by atoms with E-state index in [2.05, 4.69) is 10.1 Å². The van der Waals surface area contributed by atoms with Gasteiger partial charge in [-0.2, -0.15) is 0 Å². The average Bonchev–Trinajstić information content (AvgIpc) is 2.62. The molecule has 1 N–H and O–H groups in total. The number of carbonyl (C=O) groups excluding carboxylic acids is 2. The number of thioether (sulfide) groups is 1. The molecule has 2 amide bonds. The van der Waals surface area contributed by atoms with Crippen molar-refractivity contribution in [1.29, 1.82) is 0 Å². The maximum absolute atomic E-state index is 12.5. The summed E-state index contributed by atoms with van der Waals surface area (Å²) in [5, 5.41) is 2.54. The normalized spacial score (nSPS) is 13.9. The summed E-state index contributed by atoms with van der Waals surface area (Å²) in [5.74, 6) is -0.824. The average molecular weight is 396 g/mol. The summed E-state index contributed by atoms with van der Waals surface area (Å²) in [6, 6.07) is 12.8. The minimum Gasteiger partial charge on any atom is -0.405 e. The van der Waals surface area contributed by atoms with Gasteiger partial charge in [-0.3, -0.25) is 9.59 Å². The van der Waals surface area contributed by atoms with E-state index >= 15 is 0 Å². The topological polar surface area (TPSA) is 58.6 Å². The van der Waals surface area contributed by atoms with Crippen LogP contribution in [0.4, 0.5) is 18.9 Å². The van der Waals surface area contributed by atoms with Crippen LogP contribution < -0.4 is 15.0 Å². The smallest absolute Gasteiger partial charge is 0.405 e. The zero-order valence-corrected chi connectivity index (χ0v) is 14.8. The van der Waals surface area contributed by atoms with Crippen LogP contribution in [0.3, 0.4) is 0 Å². The second kappa shape index (κ2) is 7.91. The molecule has 2 aromatic carbocycles. The van der Waals surface area contributed by atoms with Crippen molar-refractivity contribution in [3.8, 4) is 5.75 Å². The molecule has 1 aliphatic rings. The molecule has 0 aromatic heterocycles. The summed E-state index contributed by atoms with van der Waals surface area (Å²) in [6.45, 7) is -0.359. The van der Waals surface area contributed by atoms with Gasteiger partial charge >= 0.3 is 6.36 Å². The Morgan fingerprint density at radius 2 is 1.85 bits per heavy atom. The first kappa shape index (κ1) is 19.1. The number of nitrogens with zero attached hydrogens (tertiary/aromatic N) is 1. The van der Waals surface area contributed by atoms with Gasteiger partial charge in [0.1, 0.15) is 12.3 Å². The number of para-hydroxylation sites is 2. The Hall–Kier alpha value is -2.68. The second-order valence-electron chi connectivity index (χ2n) is 5.67. The summed E-state index contributed by atoms with van der Waals surface area (Å²) in [5.41, 5.74) is 0.832. The van der Waals surface area contributed by atoms with Crippen molar-refractivity contribution in [3.05, 3.63) is 54.1 Å². The number of halogens is 3. The van der Waals surface area contributed by atoms with E-state index in [-0.39, 0.29) is 36.1 Å². The summed E-state index contributed by atoms with van der Waals surface area (Å²) in [4.78, 5) is 26.7. The summed E-state index contributed by atoms with van der Waals surface area (Å²) >= 11 is 1.40. The molecule has 0 spiro atoms. The first-order valence-corrected chi connectivity index (χ1v) is 8.94. The highest BCUT2D eigenvalue weighted by atomic mass is 32.2. The van der Waals surface area contributed by atoms with E-state index in [4.69, 9.17) is 0 Å². The number of ether oxygens (including phenoxy) is 1. The molecule has 0 atom stereocenters. The Balaban J connectivity index is 1.65. The van der Waals surface area contributed by atoms with Crippen LogP contribution in [0, 0.1) is 0 Å². The zero-order valence-electron chi connectivity index (χ0n) is 14.0. The Morgan fingerprint density at radius 1 is 1.15 bits per heavy atom. The van der Waals surface area contributed by atoms with Crippen LogP contribution in [-0.2, 0) is 16.1 Å². The van der Waals surface area contributed by atoms with Crippen molar-refractivity contribution in [1.82, 2.24) is 5.32 Å². The number of hydrogen-bond donors (Lipinski definition) is 1. The Bertz CT molecular complexity index is 858. The minimum absolute atomic E-state index is 0.149. The van der Waals surface area contributed by atoms with Crippen molar-refractivity contribution in [3.63, 3.8) is 0 Å². The highest BCUT2D eigenvalue weighted by molar-refractivity contribution is 8.00. The van der Waals surface area contributed by atoms with Crippen molar-refractivity contribution in [2.24, 2.45) is 0 Å². The molecule has 142 valence electrons. The third-order valence-corrected chi connectivity index (χ3v) is 4.83. The molecule has 3 rings (SSSR count). The molecule has 1 heterocycles. The number of hydrogen-bond acceptors (Lipinski definition) is 4. The van der Waals surface area contributed by atoms with Crippen LogP contribution in [0.1, 0.15) is 5.56 Å². The van der Waals surface area contributed by atoms with Gasteiger partial charge in [-0.15, -0.1) is 24.9 Å². The van der Waals surface area contributed by atoms with Gasteiger partial charge in [0.2, 0.25) is 11.8 Å². The largest absolute Gasteiger partial charge is 0.573 e. The maximum Gasteiger partial charge on any atom is 0.573 e. The van der Waals surface area contributed by atoms with Gasteiger partial charge in [0.05, 0.1) is 11.4 Å². The Morgan fingerprint density at radius 3 is 2.63 bits per heavy atom. The van der Waals surface area contributed by atoms with Crippen LogP contribution >= 0.6 is 11.8 Å². The number of carbonyl (C=O) groups is 2. The molecular weight excluding hydrogens is 381 g/mol. The zero-order chi connectivity index (χ0) is 19.4. The molecule has 0 bridgehead atoms. The predicted molar refractivity (Wildman–Crippen MR) is 94.5 cm³/mol. The van der Waals surface area contributed by atoms with Crippen molar-refractivity contribution in [2.45, 2.75) is 17.8 Å². The van der Waals surface area contributed by atoms with E-state index in [1.165, 1.54) is 34.9 Å². The van der Waals surface area contributed by atoms with Crippen LogP contribution in [0.2, 0.25) is 0 Å². The molecule has 0 aliphatic carbocycles. The number of alkyl halides is 3. The third kappa shape index (κ3) is 4.94. The Labute approximate surface area is 157 Å². The Kier molecular flexibility index (Phi) is 5.59. The lowest BCUT2D eigenvalue weighted by molar-refractivity contribution is -0.274. The van der Waals surface area contributed by atoms with E-state index in [0.29, 0.717) is 5.69 Å². The van der Waals surface area contributed by atoms with Crippen LogP contribution in [0.5, 0.6) is 5.75 Å². The molecule has 9 heteroatoms. The molecule has 0 radical (unpaired) electrons. The summed E-state index contributed by atoms with van der Waals surface area (Å²) < 4.78 is 41.3. The molecule has 2 aromatic rings. The van der Waals surface area contributed by atoms with Gasteiger partial charge in [-0.1, -0.05) is 30.3 Å². The lowest BCUT2D eigenvalue weighted by Crippen LogP contribution is -2.43. The number of nitrogens with one attached hydrogen (secondary N) is 1. The number of amides is 2. The highest BCUT2D eigenvalue weighted by Gasteiger charge is 2.32. The molecule has 0 unspecified atom stereocenters. The molecule has 5 nitrogen and oxygen atoms in total. The van der Waals surface area contributed by atoms with Gasteiger partial charge in [0.15, 0.2) is 0 Å². The molecule has 1 aliphatic heterocycles. The lowest BCUT2D eigenvalue weighted by Gasteiger charge is -2.28. The van der Waals surface area contributed by atoms with Gasteiger partial charge in [0, 0.05) is 17.0 Å². The van der Waals surface area contributed by atoms with E-state index in [9.17, 15) is 22.8 Å². The fourth-order valence-corrected chi connectivity index (χ4v) is 3.53. The van der Waals surface area contributed by atoms with Crippen LogP contribution in [-0.4, -0.2) is 30.5 Å². The lowest BCUT2D eigenvalue weighted by atomic mass is 10.2. The van der Waals surface area contributed by atoms with E-state index in [0.717, 1.165) is 4.90 Å². The second-order valence-corrected chi connectivity index (χ2v) is 6.69. The highest BCUT2D eigenvalue weighted by Crippen LogP contribution is 2.34. The maximum atomic E-state index is 12.5. The molecule has 27 heavy (non-hydrogen) atoms. The first-order valence-electron chi connectivity index (χ1n) is 7.96. The predicted octanol–water partition coefficient (Wildman–Crippen LogP) is 3.34. The fraction of sp³-hybridized carbons (Fsp3) is 0.222. The number of rotatable bonds is 5. The van der Waals surface area contributed by atoms with Crippen LogP contribution in [0.15, 0.2) is 53.4 Å². The first-order chi connectivity index (χ1) is 12.8. The number of benzene rings is 2. The van der Waals surface area contributed by atoms with E-state index in [1.54, 1.807) is 18.2 Å². The van der Waals surface area contributed by atoms with E-state index < -0.39 is 12.3 Å². The fourth-order valence-electron chi connectivity index (χ4n) is 2.59. The minimum atomic E-state index is -4.82. The number of fused-ring (bicyclic) bond motifs is 1. The summed E-state index contributed by atoms with van der Waals surface area (Å²) in [7, 11) is 0. The van der Waals surface area contributed by atoms with Gasteiger partial charge in [0.25, 0.3) is 0 Å².